The smallest absolute Gasteiger partial charge is 0.254 e. The van der Waals surface area contributed by atoms with E-state index in [1.165, 1.54) is 21.6 Å². The third-order valence-electron chi connectivity index (χ3n) is 7.29. The number of hydrogen-bond donors (Lipinski definition) is 1. The maximum atomic E-state index is 13.7. The SMILES string of the molecule is O=C(Nc1ccc(OC2CCOCC2)cc1)C(Cc1ccccc1)n1cnc(-c2cc(Cl)ccc2-n2cc(Cl)nn2)cc1=O. The predicted octanol–water partition coefficient (Wildman–Crippen LogP) is 5.78. The van der Waals surface area contributed by atoms with Crippen molar-refractivity contribution >= 4 is 34.8 Å². The summed E-state index contributed by atoms with van der Waals surface area (Å²) in [6, 6.07) is 22.3. The minimum Gasteiger partial charge on any atom is -0.490 e. The Bertz CT molecular complexity index is 1800. The van der Waals surface area contributed by atoms with Crippen LogP contribution in [0.25, 0.3) is 16.9 Å². The molecule has 0 spiro atoms. The molecule has 0 saturated carbocycles. The molecule has 3 heterocycles. The van der Waals surface area contributed by atoms with Crippen molar-refractivity contribution in [1.82, 2.24) is 24.5 Å². The van der Waals surface area contributed by atoms with Crippen LogP contribution in [0.15, 0.2) is 96.2 Å². The normalized spacial score (nSPS) is 14.2. The van der Waals surface area contributed by atoms with E-state index in [-0.39, 0.29) is 23.6 Å². The van der Waals surface area contributed by atoms with Gasteiger partial charge in [-0.3, -0.25) is 14.2 Å². The first-order valence-corrected chi connectivity index (χ1v) is 14.8. The predicted molar refractivity (Wildman–Crippen MR) is 168 cm³/mol. The molecule has 0 aliphatic carbocycles. The van der Waals surface area contributed by atoms with E-state index < -0.39 is 11.6 Å². The summed E-state index contributed by atoms with van der Waals surface area (Å²) in [6.45, 7) is 1.38. The number of nitrogens with one attached hydrogen (secondary N) is 1. The minimum atomic E-state index is -0.877. The number of ether oxygens (including phenoxy) is 2. The van der Waals surface area contributed by atoms with Gasteiger partial charge < -0.3 is 14.8 Å². The molecule has 1 atom stereocenters. The summed E-state index contributed by atoms with van der Waals surface area (Å²) in [6.07, 6.45) is 4.99. The van der Waals surface area contributed by atoms with Crippen molar-refractivity contribution in [1.29, 1.82) is 0 Å². The topological polar surface area (TPSA) is 113 Å². The lowest BCUT2D eigenvalue weighted by Gasteiger charge is -2.23. The van der Waals surface area contributed by atoms with Crippen LogP contribution in [0.5, 0.6) is 5.75 Å². The number of nitrogens with zero attached hydrogens (tertiary/aromatic N) is 5. The van der Waals surface area contributed by atoms with Gasteiger partial charge in [0.25, 0.3) is 5.56 Å². The molecule has 44 heavy (non-hydrogen) atoms. The molecule has 1 aliphatic rings. The first-order chi connectivity index (χ1) is 21.4. The fraction of sp³-hybridized carbons (Fsp3) is 0.219. The third kappa shape index (κ3) is 6.99. The zero-order chi connectivity index (χ0) is 30.5. The van der Waals surface area contributed by atoms with Crippen molar-refractivity contribution in [3.8, 4) is 22.7 Å². The Morgan fingerprint density at radius 1 is 1.02 bits per heavy atom. The van der Waals surface area contributed by atoms with Crippen molar-refractivity contribution in [2.75, 3.05) is 18.5 Å². The van der Waals surface area contributed by atoms with Gasteiger partial charge in [0.15, 0.2) is 5.15 Å². The van der Waals surface area contributed by atoms with Gasteiger partial charge in [-0.1, -0.05) is 58.7 Å². The van der Waals surface area contributed by atoms with Crippen molar-refractivity contribution < 1.29 is 14.3 Å². The van der Waals surface area contributed by atoms with E-state index in [0.29, 0.717) is 40.9 Å². The van der Waals surface area contributed by atoms with Gasteiger partial charge in [0.2, 0.25) is 5.91 Å². The fourth-order valence-corrected chi connectivity index (χ4v) is 5.35. The second kappa shape index (κ2) is 13.4. The fourth-order valence-electron chi connectivity index (χ4n) is 5.05. The molecule has 12 heteroatoms. The van der Waals surface area contributed by atoms with Crippen LogP contribution in [0, 0.1) is 0 Å². The molecule has 6 rings (SSSR count). The van der Waals surface area contributed by atoms with Gasteiger partial charge in [-0.15, -0.1) is 5.10 Å². The summed E-state index contributed by atoms with van der Waals surface area (Å²) in [4.78, 5) is 31.9. The number of hydrogen-bond acceptors (Lipinski definition) is 7. The van der Waals surface area contributed by atoms with E-state index in [4.69, 9.17) is 32.7 Å². The monoisotopic (exact) mass is 630 g/mol. The molecule has 10 nitrogen and oxygen atoms in total. The zero-order valence-corrected chi connectivity index (χ0v) is 25.0. The number of benzene rings is 3. The molecule has 1 unspecified atom stereocenters. The Kier molecular flexibility index (Phi) is 9.02. The zero-order valence-electron chi connectivity index (χ0n) is 23.5. The van der Waals surface area contributed by atoms with E-state index in [1.54, 1.807) is 36.5 Å². The van der Waals surface area contributed by atoms with Gasteiger partial charge in [0, 0.05) is 41.6 Å². The number of carbonyl (C=O) groups excluding carboxylic acids is 1. The molecule has 1 amide bonds. The Morgan fingerprint density at radius 2 is 1.80 bits per heavy atom. The molecule has 1 aliphatic heterocycles. The summed E-state index contributed by atoms with van der Waals surface area (Å²) < 4.78 is 14.3. The Morgan fingerprint density at radius 3 is 2.50 bits per heavy atom. The molecule has 5 aromatic rings. The standard InChI is InChI=1S/C32H28Cl2N6O4/c33-22-6-11-28(40-19-30(34)37-38-40)26(17-22)27-18-31(41)39(20-35-27)29(16-21-4-2-1-3-5-21)32(42)36-23-7-9-24(10-8-23)44-25-12-14-43-15-13-25/h1-11,17-20,25,29H,12-16H2,(H,36,42). The Balaban J connectivity index is 1.27. The summed E-state index contributed by atoms with van der Waals surface area (Å²) in [5.41, 5.74) is 2.56. The van der Waals surface area contributed by atoms with Crippen LogP contribution >= 0.6 is 23.2 Å². The lowest BCUT2D eigenvalue weighted by atomic mass is 10.0. The van der Waals surface area contributed by atoms with Crippen molar-refractivity contribution in [3.05, 3.63) is 117 Å². The number of anilines is 1. The van der Waals surface area contributed by atoms with Crippen LogP contribution < -0.4 is 15.6 Å². The van der Waals surface area contributed by atoms with E-state index in [2.05, 4.69) is 20.6 Å². The number of aromatic nitrogens is 5. The third-order valence-corrected chi connectivity index (χ3v) is 7.69. The number of carbonyl (C=O) groups is 1. The van der Waals surface area contributed by atoms with Crippen molar-refractivity contribution in [2.45, 2.75) is 31.4 Å². The van der Waals surface area contributed by atoms with Crippen molar-refractivity contribution in [3.63, 3.8) is 0 Å². The maximum Gasteiger partial charge on any atom is 0.254 e. The summed E-state index contributed by atoms with van der Waals surface area (Å²) >= 11 is 12.3. The minimum absolute atomic E-state index is 0.110. The Labute approximate surface area is 263 Å². The summed E-state index contributed by atoms with van der Waals surface area (Å²) in [5, 5.41) is 11.5. The molecule has 1 N–H and O–H groups in total. The molecule has 1 saturated heterocycles. The quantitative estimate of drug-likeness (QED) is 0.220. The molecular formula is C32H28Cl2N6O4. The van der Waals surface area contributed by atoms with Crippen LogP contribution in [-0.4, -0.2) is 49.8 Å². The van der Waals surface area contributed by atoms with Crippen LogP contribution in [-0.2, 0) is 16.0 Å². The highest BCUT2D eigenvalue weighted by atomic mass is 35.5. The number of rotatable bonds is 9. The lowest BCUT2D eigenvalue weighted by Crippen LogP contribution is -2.34. The molecule has 1 fully saturated rings. The second-order valence-electron chi connectivity index (χ2n) is 10.3. The highest BCUT2D eigenvalue weighted by Crippen LogP contribution is 2.28. The molecule has 2 aromatic heterocycles. The van der Waals surface area contributed by atoms with E-state index >= 15 is 0 Å². The number of halogens is 2. The van der Waals surface area contributed by atoms with Crippen LogP contribution in [0.2, 0.25) is 10.2 Å². The first-order valence-electron chi connectivity index (χ1n) is 14.1. The highest BCUT2D eigenvalue weighted by Gasteiger charge is 2.24. The molecule has 0 bridgehead atoms. The first kappa shape index (κ1) is 29.6. The summed E-state index contributed by atoms with van der Waals surface area (Å²) in [5.74, 6) is 0.365. The summed E-state index contributed by atoms with van der Waals surface area (Å²) in [7, 11) is 0. The van der Waals surface area contributed by atoms with E-state index in [9.17, 15) is 9.59 Å². The lowest BCUT2D eigenvalue weighted by molar-refractivity contribution is -0.119. The molecular weight excluding hydrogens is 603 g/mol. The largest absolute Gasteiger partial charge is 0.490 e. The van der Waals surface area contributed by atoms with Gasteiger partial charge in [-0.25, -0.2) is 9.67 Å². The average Bonchev–Trinajstić information content (AvgIpc) is 3.48. The Hall–Kier alpha value is -4.51. The van der Waals surface area contributed by atoms with E-state index in [0.717, 1.165) is 24.2 Å². The van der Waals surface area contributed by atoms with Crippen LogP contribution in [0.1, 0.15) is 24.4 Å². The van der Waals surface area contributed by atoms with Gasteiger partial charge in [0.05, 0.1) is 37.1 Å². The van der Waals surface area contributed by atoms with Crippen LogP contribution in [0.4, 0.5) is 5.69 Å². The van der Waals surface area contributed by atoms with Crippen molar-refractivity contribution in [2.24, 2.45) is 0 Å². The second-order valence-corrected chi connectivity index (χ2v) is 11.1. The van der Waals surface area contributed by atoms with Gasteiger partial charge in [-0.05, 0) is 48.0 Å². The molecule has 224 valence electrons. The van der Waals surface area contributed by atoms with Crippen LogP contribution in [0.3, 0.4) is 0 Å². The highest BCUT2D eigenvalue weighted by molar-refractivity contribution is 6.31. The van der Waals surface area contributed by atoms with Gasteiger partial charge >= 0.3 is 0 Å². The number of amides is 1. The average molecular weight is 632 g/mol. The van der Waals surface area contributed by atoms with Gasteiger partial charge in [0.1, 0.15) is 17.9 Å². The molecule has 3 aromatic carbocycles. The van der Waals surface area contributed by atoms with Gasteiger partial charge in [-0.2, -0.15) is 0 Å². The van der Waals surface area contributed by atoms with E-state index in [1.807, 2.05) is 42.5 Å². The maximum absolute atomic E-state index is 13.7. The molecule has 0 radical (unpaired) electrons.